The molecule has 0 saturated carbocycles. The predicted molar refractivity (Wildman–Crippen MR) is 111 cm³/mol. The third-order valence-corrected chi connectivity index (χ3v) is 5.48. The fourth-order valence-electron chi connectivity index (χ4n) is 3.13. The molecule has 150 valence electrons. The second-order valence-electron chi connectivity index (χ2n) is 6.75. The number of hydrogen-bond acceptors (Lipinski definition) is 5. The third-order valence-electron chi connectivity index (χ3n) is 4.67. The highest BCUT2D eigenvalue weighted by molar-refractivity contribution is 7.13. The lowest BCUT2D eigenvalue weighted by atomic mass is 10.2. The number of ether oxygens (including phenoxy) is 1. The van der Waals surface area contributed by atoms with Gasteiger partial charge in [0.1, 0.15) is 5.75 Å². The van der Waals surface area contributed by atoms with Gasteiger partial charge < -0.3 is 15.0 Å². The monoisotopic (exact) mass is 402 g/mol. The van der Waals surface area contributed by atoms with Crippen LogP contribution in [0.1, 0.15) is 37.8 Å². The molecule has 1 fully saturated rings. The fraction of sp³-hybridized carbons (Fsp3) is 0.450. The predicted octanol–water partition coefficient (Wildman–Crippen LogP) is 4.13. The molecule has 2 heterocycles. The van der Waals surface area contributed by atoms with Crippen LogP contribution in [0.4, 0.5) is 15.6 Å². The molecule has 7 nitrogen and oxygen atoms in total. The van der Waals surface area contributed by atoms with Crippen molar-refractivity contribution < 1.29 is 14.3 Å². The van der Waals surface area contributed by atoms with Gasteiger partial charge in [-0.25, -0.2) is 9.78 Å². The standard InChI is InChI=1S/C20H26N4O3S/c1-27-17-9-6-15(7-10-17)21-19(26)23-20-22-16(14-28-20)8-11-18(25)24-12-4-2-3-5-13-24/h6-7,9-10,14H,2-5,8,11-13H2,1H3,(H2,21,22,23,26). The van der Waals surface area contributed by atoms with E-state index in [0.717, 1.165) is 37.4 Å². The van der Waals surface area contributed by atoms with E-state index in [1.807, 2.05) is 10.3 Å². The molecule has 2 aromatic rings. The fourth-order valence-corrected chi connectivity index (χ4v) is 3.87. The number of methoxy groups -OCH3 is 1. The third kappa shape index (κ3) is 5.95. The van der Waals surface area contributed by atoms with Gasteiger partial charge in [-0.1, -0.05) is 12.8 Å². The van der Waals surface area contributed by atoms with Crippen molar-refractivity contribution in [2.75, 3.05) is 30.8 Å². The average Bonchev–Trinajstić information content (AvgIpc) is 2.97. The number of carbonyl (C=O) groups is 2. The first-order valence-corrected chi connectivity index (χ1v) is 10.5. The highest BCUT2D eigenvalue weighted by atomic mass is 32.1. The van der Waals surface area contributed by atoms with Gasteiger partial charge in [-0.3, -0.25) is 10.1 Å². The summed E-state index contributed by atoms with van der Waals surface area (Å²) >= 11 is 1.36. The first kappa shape index (κ1) is 20.1. The van der Waals surface area contributed by atoms with Crippen LogP contribution in [0.15, 0.2) is 29.6 Å². The molecule has 3 amide bonds. The van der Waals surface area contributed by atoms with Crippen molar-refractivity contribution in [1.29, 1.82) is 0 Å². The molecule has 8 heteroatoms. The summed E-state index contributed by atoms with van der Waals surface area (Å²) in [5, 5.41) is 7.88. The molecule has 3 rings (SSSR count). The molecule has 2 N–H and O–H groups in total. The summed E-state index contributed by atoms with van der Waals surface area (Å²) in [5.41, 5.74) is 1.49. The van der Waals surface area contributed by atoms with Crippen LogP contribution in [-0.4, -0.2) is 42.0 Å². The number of aryl methyl sites for hydroxylation is 1. The van der Waals surface area contributed by atoms with E-state index in [0.29, 0.717) is 23.7 Å². The van der Waals surface area contributed by atoms with Crippen molar-refractivity contribution in [2.45, 2.75) is 38.5 Å². The number of amides is 3. The Morgan fingerprint density at radius 2 is 1.82 bits per heavy atom. The van der Waals surface area contributed by atoms with Crippen molar-refractivity contribution >= 4 is 34.1 Å². The highest BCUT2D eigenvalue weighted by Gasteiger charge is 2.16. The molecule has 1 aromatic carbocycles. The van der Waals surface area contributed by atoms with Crippen LogP contribution in [0.2, 0.25) is 0 Å². The van der Waals surface area contributed by atoms with E-state index in [2.05, 4.69) is 15.6 Å². The van der Waals surface area contributed by atoms with E-state index >= 15 is 0 Å². The number of benzene rings is 1. The van der Waals surface area contributed by atoms with E-state index < -0.39 is 0 Å². The first-order valence-electron chi connectivity index (χ1n) is 9.58. The largest absolute Gasteiger partial charge is 0.497 e. The van der Waals surface area contributed by atoms with Crippen LogP contribution in [0.3, 0.4) is 0 Å². The minimum atomic E-state index is -0.355. The van der Waals surface area contributed by atoms with Crippen LogP contribution in [0, 0.1) is 0 Å². The lowest BCUT2D eigenvalue weighted by Crippen LogP contribution is -2.31. The van der Waals surface area contributed by atoms with Crippen molar-refractivity contribution in [3.05, 3.63) is 35.3 Å². The van der Waals surface area contributed by atoms with Gasteiger partial charge in [0, 0.05) is 30.6 Å². The number of hydrogen-bond donors (Lipinski definition) is 2. The number of rotatable bonds is 6. The Hall–Kier alpha value is -2.61. The van der Waals surface area contributed by atoms with Crippen molar-refractivity contribution in [1.82, 2.24) is 9.88 Å². The summed E-state index contributed by atoms with van der Waals surface area (Å²) in [6, 6.07) is 6.73. The van der Waals surface area contributed by atoms with E-state index in [4.69, 9.17) is 4.74 Å². The summed E-state index contributed by atoms with van der Waals surface area (Å²) in [6.45, 7) is 1.74. The van der Waals surface area contributed by atoms with Gasteiger partial charge in [0.2, 0.25) is 5.91 Å². The number of urea groups is 1. The lowest BCUT2D eigenvalue weighted by Gasteiger charge is -2.19. The Labute approximate surface area is 169 Å². The van der Waals surface area contributed by atoms with Crippen LogP contribution >= 0.6 is 11.3 Å². The van der Waals surface area contributed by atoms with Gasteiger partial charge in [-0.15, -0.1) is 11.3 Å². The molecule has 0 bridgehead atoms. The molecule has 0 spiro atoms. The normalized spacial score (nSPS) is 14.2. The maximum absolute atomic E-state index is 12.4. The molecule has 0 aliphatic carbocycles. The average molecular weight is 403 g/mol. The Bertz CT molecular complexity index is 783. The van der Waals surface area contributed by atoms with Crippen molar-refractivity contribution in [3.63, 3.8) is 0 Å². The van der Waals surface area contributed by atoms with E-state index in [1.165, 1.54) is 24.2 Å². The second-order valence-corrected chi connectivity index (χ2v) is 7.60. The maximum atomic E-state index is 12.4. The zero-order chi connectivity index (χ0) is 19.8. The number of carbonyl (C=O) groups excluding carboxylic acids is 2. The van der Waals surface area contributed by atoms with Crippen LogP contribution in [0.25, 0.3) is 0 Å². The van der Waals surface area contributed by atoms with E-state index in [-0.39, 0.29) is 11.9 Å². The summed E-state index contributed by atoms with van der Waals surface area (Å²) < 4.78 is 5.09. The molecular weight excluding hydrogens is 376 g/mol. The van der Waals surface area contributed by atoms with Crippen LogP contribution in [-0.2, 0) is 11.2 Å². The summed E-state index contributed by atoms with van der Waals surface area (Å²) in [4.78, 5) is 30.9. The number of nitrogens with zero attached hydrogens (tertiary/aromatic N) is 2. The number of nitrogens with one attached hydrogen (secondary N) is 2. The Kier molecular flexibility index (Phi) is 7.25. The Morgan fingerprint density at radius 3 is 2.50 bits per heavy atom. The molecule has 28 heavy (non-hydrogen) atoms. The number of aromatic nitrogens is 1. The van der Waals surface area contributed by atoms with Crippen LogP contribution < -0.4 is 15.4 Å². The summed E-state index contributed by atoms with van der Waals surface area (Å²) in [7, 11) is 1.59. The van der Waals surface area contributed by atoms with Gasteiger partial charge in [0.25, 0.3) is 0 Å². The van der Waals surface area contributed by atoms with Gasteiger partial charge in [0.05, 0.1) is 12.8 Å². The topological polar surface area (TPSA) is 83.6 Å². The molecule has 1 aromatic heterocycles. The summed E-state index contributed by atoms with van der Waals surface area (Å²) in [5.74, 6) is 0.923. The van der Waals surface area contributed by atoms with Crippen molar-refractivity contribution in [3.8, 4) is 5.75 Å². The maximum Gasteiger partial charge on any atom is 0.325 e. The molecule has 1 aliphatic heterocycles. The minimum absolute atomic E-state index is 0.196. The number of thiazole rings is 1. The van der Waals surface area contributed by atoms with Gasteiger partial charge in [-0.05, 0) is 43.5 Å². The smallest absolute Gasteiger partial charge is 0.325 e. The quantitative estimate of drug-likeness (QED) is 0.761. The van der Waals surface area contributed by atoms with Crippen LogP contribution in [0.5, 0.6) is 5.75 Å². The zero-order valence-corrected chi connectivity index (χ0v) is 16.9. The number of anilines is 2. The zero-order valence-electron chi connectivity index (χ0n) is 16.1. The Balaban J connectivity index is 1.45. The number of likely N-dealkylation sites (tertiary alicyclic amines) is 1. The molecule has 1 aliphatic rings. The second kappa shape index (κ2) is 10.1. The SMILES string of the molecule is COc1ccc(NC(=O)Nc2nc(CCC(=O)N3CCCCCC3)cs2)cc1. The van der Waals surface area contributed by atoms with Crippen molar-refractivity contribution in [2.24, 2.45) is 0 Å². The molecule has 0 radical (unpaired) electrons. The minimum Gasteiger partial charge on any atom is -0.497 e. The van der Waals surface area contributed by atoms with E-state index in [1.54, 1.807) is 31.4 Å². The lowest BCUT2D eigenvalue weighted by molar-refractivity contribution is -0.131. The van der Waals surface area contributed by atoms with E-state index in [9.17, 15) is 9.59 Å². The van der Waals surface area contributed by atoms with Gasteiger partial charge in [0.15, 0.2) is 5.13 Å². The summed E-state index contributed by atoms with van der Waals surface area (Å²) in [6.07, 6.45) is 5.67. The molecular formula is C20H26N4O3S. The highest BCUT2D eigenvalue weighted by Crippen LogP contribution is 2.19. The van der Waals surface area contributed by atoms with Gasteiger partial charge >= 0.3 is 6.03 Å². The molecule has 0 unspecified atom stereocenters. The molecule has 0 atom stereocenters. The first-order chi connectivity index (χ1) is 13.6. The Morgan fingerprint density at radius 1 is 1.11 bits per heavy atom. The molecule has 1 saturated heterocycles. The van der Waals surface area contributed by atoms with Gasteiger partial charge in [-0.2, -0.15) is 0 Å².